The first-order valence-corrected chi connectivity index (χ1v) is 7.25. The van der Waals surface area contributed by atoms with Gasteiger partial charge in [-0.3, -0.25) is 0 Å². The number of benzene rings is 1. The number of aromatic nitrogens is 2. The molecule has 1 heterocycles. The minimum Gasteiger partial charge on any atom is -0.481 e. The van der Waals surface area contributed by atoms with E-state index in [-0.39, 0.29) is 13.2 Å². The van der Waals surface area contributed by atoms with Crippen LogP contribution >= 0.6 is 31.9 Å². The molecule has 19 heavy (non-hydrogen) atoms. The molecule has 5 nitrogen and oxygen atoms in total. The van der Waals surface area contributed by atoms with Gasteiger partial charge in [-0.25, -0.2) is 0 Å². The highest BCUT2D eigenvalue weighted by Crippen LogP contribution is 2.35. The maximum Gasteiger partial charge on any atom is 0.253 e. The lowest BCUT2D eigenvalue weighted by Gasteiger charge is -2.10. The van der Waals surface area contributed by atoms with Gasteiger partial charge in [0.15, 0.2) is 6.61 Å². The Hall–Kier alpha value is -0.920. The SMILES string of the molecule is CCc1nnc(COc2c(Br)cc(CO)cc2Br)o1. The Morgan fingerprint density at radius 2 is 1.84 bits per heavy atom. The molecule has 1 N–H and O–H groups in total. The molecule has 0 bridgehead atoms. The fourth-order valence-corrected chi connectivity index (χ4v) is 2.98. The summed E-state index contributed by atoms with van der Waals surface area (Å²) in [6.45, 7) is 2.11. The maximum absolute atomic E-state index is 9.10. The van der Waals surface area contributed by atoms with Crippen molar-refractivity contribution in [2.75, 3.05) is 0 Å². The van der Waals surface area contributed by atoms with Crippen molar-refractivity contribution in [1.82, 2.24) is 10.2 Å². The van der Waals surface area contributed by atoms with Crippen LogP contribution in [0.1, 0.15) is 24.3 Å². The van der Waals surface area contributed by atoms with Gasteiger partial charge in [-0.2, -0.15) is 0 Å². The zero-order valence-corrected chi connectivity index (χ0v) is 13.4. The van der Waals surface area contributed by atoms with Gasteiger partial charge in [0.2, 0.25) is 5.89 Å². The molecular formula is C12H12Br2N2O3. The lowest BCUT2D eigenvalue weighted by Crippen LogP contribution is -1.98. The molecule has 0 atom stereocenters. The molecule has 7 heteroatoms. The van der Waals surface area contributed by atoms with E-state index in [4.69, 9.17) is 14.3 Å². The van der Waals surface area contributed by atoms with Crippen LogP contribution in [0.25, 0.3) is 0 Å². The Kier molecular flexibility index (Phi) is 4.95. The van der Waals surface area contributed by atoms with E-state index in [9.17, 15) is 0 Å². The first kappa shape index (κ1) is 14.5. The van der Waals surface area contributed by atoms with E-state index in [1.807, 2.05) is 6.92 Å². The maximum atomic E-state index is 9.10. The first-order valence-electron chi connectivity index (χ1n) is 5.66. The van der Waals surface area contributed by atoms with Gasteiger partial charge in [0, 0.05) is 6.42 Å². The van der Waals surface area contributed by atoms with Crippen LogP contribution in [-0.4, -0.2) is 15.3 Å². The van der Waals surface area contributed by atoms with Crippen LogP contribution < -0.4 is 4.74 Å². The van der Waals surface area contributed by atoms with Crippen LogP contribution in [0.15, 0.2) is 25.5 Å². The van der Waals surface area contributed by atoms with E-state index in [0.29, 0.717) is 24.0 Å². The molecule has 102 valence electrons. The number of nitrogens with zero attached hydrogens (tertiary/aromatic N) is 2. The Morgan fingerprint density at radius 3 is 2.37 bits per heavy atom. The van der Waals surface area contributed by atoms with Crippen molar-refractivity contribution in [2.24, 2.45) is 0 Å². The van der Waals surface area contributed by atoms with Crippen molar-refractivity contribution >= 4 is 31.9 Å². The van der Waals surface area contributed by atoms with Crippen LogP contribution in [0.5, 0.6) is 5.75 Å². The van der Waals surface area contributed by atoms with Gasteiger partial charge in [0.1, 0.15) is 5.75 Å². The average Bonchev–Trinajstić information content (AvgIpc) is 2.85. The zero-order chi connectivity index (χ0) is 13.8. The van der Waals surface area contributed by atoms with Crippen molar-refractivity contribution in [3.63, 3.8) is 0 Å². The number of rotatable bonds is 5. The predicted octanol–water partition coefficient (Wildman–Crippen LogP) is 3.23. The van der Waals surface area contributed by atoms with E-state index in [1.165, 1.54) is 0 Å². The number of ether oxygens (including phenoxy) is 1. The summed E-state index contributed by atoms with van der Waals surface area (Å²) in [6, 6.07) is 3.59. The standard InChI is InChI=1S/C12H12Br2N2O3/c1-2-10-15-16-11(19-10)6-18-12-8(13)3-7(5-17)4-9(12)14/h3-4,17H,2,5-6H2,1H3. The molecule has 0 unspecified atom stereocenters. The smallest absolute Gasteiger partial charge is 0.253 e. The summed E-state index contributed by atoms with van der Waals surface area (Å²) in [5, 5.41) is 16.8. The normalized spacial score (nSPS) is 10.7. The highest BCUT2D eigenvalue weighted by atomic mass is 79.9. The quantitative estimate of drug-likeness (QED) is 0.847. The minimum atomic E-state index is -0.0268. The third-order valence-electron chi connectivity index (χ3n) is 2.39. The van der Waals surface area contributed by atoms with Crippen LogP contribution in [0.2, 0.25) is 0 Å². The molecule has 0 amide bonds. The minimum absolute atomic E-state index is 0.0268. The molecule has 0 saturated heterocycles. The van der Waals surface area contributed by atoms with E-state index in [0.717, 1.165) is 14.5 Å². The third kappa shape index (κ3) is 3.55. The molecule has 0 aliphatic carbocycles. The number of aliphatic hydroxyl groups is 1. The molecule has 0 aliphatic rings. The lowest BCUT2D eigenvalue weighted by molar-refractivity contribution is 0.255. The average molecular weight is 392 g/mol. The number of hydrogen-bond donors (Lipinski definition) is 1. The molecule has 0 fully saturated rings. The van der Waals surface area contributed by atoms with E-state index in [1.54, 1.807) is 12.1 Å². The number of halogens is 2. The number of aryl methyl sites for hydroxylation is 1. The van der Waals surface area contributed by atoms with Gasteiger partial charge >= 0.3 is 0 Å². The Morgan fingerprint density at radius 1 is 1.21 bits per heavy atom. The van der Waals surface area contributed by atoms with Crippen LogP contribution in [0.3, 0.4) is 0 Å². The van der Waals surface area contributed by atoms with Gasteiger partial charge in [-0.05, 0) is 49.6 Å². The van der Waals surface area contributed by atoms with Gasteiger partial charge in [0.25, 0.3) is 5.89 Å². The second-order valence-corrected chi connectivity index (χ2v) is 5.49. The van der Waals surface area contributed by atoms with E-state index < -0.39 is 0 Å². The summed E-state index contributed by atoms with van der Waals surface area (Å²) >= 11 is 6.80. The molecule has 1 aromatic carbocycles. The lowest BCUT2D eigenvalue weighted by atomic mass is 10.2. The highest BCUT2D eigenvalue weighted by Gasteiger charge is 2.11. The summed E-state index contributed by atoms with van der Waals surface area (Å²) in [4.78, 5) is 0. The van der Waals surface area contributed by atoms with E-state index >= 15 is 0 Å². The van der Waals surface area contributed by atoms with Crippen LogP contribution in [-0.2, 0) is 19.6 Å². The number of hydrogen-bond acceptors (Lipinski definition) is 5. The third-order valence-corrected chi connectivity index (χ3v) is 3.57. The summed E-state index contributed by atoms with van der Waals surface area (Å²) < 4.78 is 12.5. The Labute approximate surface area is 127 Å². The van der Waals surface area contributed by atoms with Gasteiger partial charge < -0.3 is 14.3 Å². The van der Waals surface area contributed by atoms with Gasteiger partial charge in [-0.15, -0.1) is 10.2 Å². The van der Waals surface area contributed by atoms with Crippen LogP contribution in [0, 0.1) is 0 Å². The molecule has 2 aromatic rings. The Balaban J connectivity index is 2.11. The van der Waals surface area contributed by atoms with Gasteiger partial charge in [0.05, 0.1) is 15.6 Å². The van der Waals surface area contributed by atoms with Crippen molar-refractivity contribution in [2.45, 2.75) is 26.6 Å². The topological polar surface area (TPSA) is 68.4 Å². The second-order valence-electron chi connectivity index (χ2n) is 3.78. The van der Waals surface area contributed by atoms with E-state index in [2.05, 4.69) is 42.1 Å². The zero-order valence-electron chi connectivity index (χ0n) is 10.2. The Bertz CT molecular complexity index is 549. The molecule has 0 aliphatic heterocycles. The summed E-state index contributed by atoms with van der Waals surface area (Å²) in [6.07, 6.45) is 0.700. The van der Waals surface area contributed by atoms with Gasteiger partial charge in [-0.1, -0.05) is 6.92 Å². The summed E-state index contributed by atoms with van der Waals surface area (Å²) in [5.74, 6) is 1.66. The fourth-order valence-electron chi connectivity index (χ4n) is 1.47. The predicted molar refractivity (Wildman–Crippen MR) is 75.8 cm³/mol. The number of aliphatic hydroxyl groups excluding tert-OH is 1. The summed E-state index contributed by atoms with van der Waals surface area (Å²) in [7, 11) is 0. The molecule has 0 radical (unpaired) electrons. The second kappa shape index (κ2) is 6.49. The van der Waals surface area contributed by atoms with Crippen molar-refractivity contribution in [3.05, 3.63) is 38.4 Å². The molecule has 0 saturated carbocycles. The molecule has 0 spiro atoms. The van der Waals surface area contributed by atoms with Crippen molar-refractivity contribution < 1.29 is 14.3 Å². The highest BCUT2D eigenvalue weighted by molar-refractivity contribution is 9.11. The van der Waals surface area contributed by atoms with Crippen molar-refractivity contribution in [1.29, 1.82) is 0 Å². The first-order chi connectivity index (χ1) is 9.13. The largest absolute Gasteiger partial charge is 0.481 e. The summed E-state index contributed by atoms with van der Waals surface area (Å²) in [5.41, 5.74) is 0.789. The van der Waals surface area contributed by atoms with Crippen molar-refractivity contribution in [3.8, 4) is 5.75 Å². The molecular weight excluding hydrogens is 380 g/mol. The molecule has 2 rings (SSSR count). The molecule has 1 aromatic heterocycles. The monoisotopic (exact) mass is 390 g/mol. The fraction of sp³-hybridized carbons (Fsp3) is 0.333. The van der Waals surface area contributed by atoms with Crippen LogP contribution in [0.4, 0.5) is 0 Å².